The first-order valence-electron chi connectivity index (χ1n) is 4.31. The predicted octanol–water partition coefficient (Wildman–Crippen LogP) is 5.54. The van der Waals surface area contributed by atoms with E-state index < -0.39 is 0 Å². The van der Waals surface area contributed by atoms with Crippen molar-refractivity contribution in [1.82, 2.24) is 0 Å². The number of hydrogen-bond acceptors (Lipinski definition) is 1. The molecule has 0 fully saturated rings. The van der Waals surface area contributed by atoms with E-state index in [1.54, 1.807) is 11.3 Å². The highest BCUT2D eigenvalue weighted by molar-refractivity contribution is 9.09. The van der Waals surface area contributed by atoms with Crippen LogP contribution in [0.1, 0.15) is 15.3 Å². The van der Waals surface area contributed by atoms with Crippen molar-refractivity contribution < 1.29 is 0 Å². The molecular weight excluding hydrogens is 315 g/mol. The number of hydrogen-bond donors (Lipinski definition) is 0. The standard InChI is InChI=1S/C11H7BrCl2S/c12-10(11-9(14)5-6-15-11)7-3-1-2-4-8(7)13/h1-6,10H. The van der Waals surface area contributed by atoms with Gasteiger partial charge in [0.15, 0.2) is 0 Å². The van der Waals surface area contributed by atoms with E-state index in [2.05, 4.69) is 15.9 Å². The van der Waals surface area contributed by atoms with Gasteiger partial charge in [0.05, 0.1) is 9.85 Å². The fourth-order valence-electron chi connectivity index (χ4n) is 1.31. The van der Waals surface area contributed by atoms with Crippen molar-refractivity contribution in [3.63, 3.8) is 0 Å². The molecule has 1 heterocycles. The predicted molar refractivity (Wildman–Crippen MR) is 71.6 cm³/mol. The molecule has 0 radical (unpaired) electrons. The van der Waals surface area contributed by atoms with Crippen molar-refractivity contribution in [3.05, 3.63) is 56.2 Å². The van der Waals surface area contributed by atoms with Crippen LogP contribution in [0, 0.1) is 0 Å². The third-order valence-corrected chi connectivity index (χ3v) is 5.07. The molecule has 78 valence electrons. The summed E-state index contributed by atoms with van der Waals surface area (Å²) in [5, 5.41) is 3.51. The summed E-state index contributed by atoms with van der Waals surface area (Å²) in [6.07, 6.45) is 0. The van der Waals surface area contributed by atoms with Crippen molar-refractivity contribution in [2.45, 2.75) is 4.83 Å². The fraction of sp³-hybridized carbons (Fsp3) is 0.0909. The Balaban J connectivity index is 2.41. The highest BCUT2D eigenvalue weighted by Crippen LogP contribution is 2.40. The van der Waals surface area contributed by atoms with Gasteiger partial charge in [0.1, 0.15) is 0 Å². The van der Waals surface area contributed by atoms with Gasteiger partial charge in [-0.05, 0) is 23.1 Å². The van der Waals surface area contributed by atoms with Crippen molar-refractivity contribution >= 4 is 50.5 Å². The molecule has 0 aliphatic rings. The highest BCUT2D eigenvalue weighted by Gasteiger charge is 2.17. The monoisotopic (exact) mass is 320 g/mol. The molecule has 2 rings (SSSR count). The van der Waals surface area contributed by atoms with Crippen LogP contribution >= 0.6 is 50.5 Å². The Labute approximate surface area is 111 Å². The van der Waals surface area contributed by atoms with Crippen LogP contribution in [0.5, 0.6) is 0 Å². The zero-order chi connectivity index (χ0) is 10.8. The number of thiophene rings is 1. The number of alkyl halides is 1. The summed E-state index contributed by atoms with van der Waals surface area (Å²) >= 11 is 17.4. The van der Waals surface area contributed by atoms with Crippen molar-refractivity contribution in [2.75, 3.05) is 0 Å². The van der Waals surface area contributed by atoms with Gasteiger partial charge in [-0.2, -0.15) is 0 Å². The molecule has 1 atom stereocenters. The average Bonchev–Trinajstić information content (AvgIpc) is 2.64. The molecule has 4 heteroatoms. The normalized spacial score (nSPS) is 12.7. The van der Waals surface area contributed by atoms with Gasteiger partial charge in [-0.1, -0.05) is 57.3 Å². The summed E-state index contributed by atoms with van der Waals surface area (Å²) in [5.74, 6) is 0. The smallest absolute Gasteiger partial charge is 0.0767 e. The molecule has 0 saturated heterocycles. The quantitative estimate of drug-likeness (QED) is 0.637. The average molecular weight is 322 g/mol. The number of halogens is 3. The molecule has 1 aromatic carbocycles. The van der Waals surface area contributed by atoms with E-state index in [0.717, 1.165) is 20.5 Å². The van der Waals surface area contributed by atoms with Crippen molar-refractivity contribution in [1.29, 1.82) is 0 Å². The maximum absolute atomic E-state index is 6.12. The highest BCUT2D eigenvalue weighted by atomic mass is 79.9. The van der Waals surface area contributed by atoms with Crippen molar-refractivity contribution in [3.8, 4) is 0 Å². The first kappa shape index (κ1) is 11.5. The molecule has 0 spiro atoms. The maximum Gasteiger partial charge on any atom is 0.0767 e. The lowest BCUT2D eigenvalue weighted by Crippen LogP contribution is -1.91. The number of benzene rings is 1. The zero-order valence-electron chi connectivity index (χ0n) is 7.58. The van der Waals surface area contributed by atoms with Gasteiger partial charge in [-0.25, -0.2) is 0 Å². The first-order valence-corrected chi connectivity index (χ1v) is 6.86. The summed E-state index contributed by atoms with van der Waals surface area (Å²) in [6, 6.07) is 9.66. The van der Waals surface area contributed by atoms with E-state index >= 15 is 0 Å². The van der Waals surface area contributed by atoms with Crippen LogP contribution in [0.15, 0.2) is 35.7 Å². The minimum atomic E-state index is 0.0682. The van der Waals surface area contributed by atoms with Gasteiger partial charge < -0.3 is 0 Å². The lowest BCUT2D eigenvalue weighted by Gasteiger charge is -2.10. The van der Waals surface area contributed by atoms with Crippen LogP contribution in [0.4, 0.5) is 0 Å². The largest absolute Gasteiger partial charge is 0.146 e. The van der Waals surface area contributed by atoms with Gasteiger partial charge >= 0.3 is 0 Å². The Morgan fingerprint density at radius 3 is 2.40 bits per heavy atom. The SMILES string of the molecule is Clc1ccccc1C(Br)c1sccc1Cl. The summed E-state index contributed by atoms with van der Waals surface area (Å²) in [7, 11) is 0. The number of rotatable bonds is 2. The molecule has 0 bridgehead atoms. The van der Waals surface area contributed by atoms with E-state index in [4.69, 9.17) is 23.2 Å². The van der Waals surface area contributed by atoms with Crippen molar-refractivity contribution in [2.24, 2.45) is 0 Å². The van der Waals surface area contributed by atoms with E-state index in [9.17, 15) is 0 Å². The molecule has 15 heavy (non-hydrogen) atoms. The molecule has 0 saturated carbocycles. The van der Waals surface area contributed by atoms with Crippen LogP contribution in [-0.4, -0.2) is 0 Å². The summed E-state index contributed by atoms with van der Waals surface area (Å²) in [4.78, 5) is 1.16. The minimum Gasteiger partial charge on any atom is -0.146 e. The summed E-state index contributed by atoms with van der Waals surface area (Å²) in [6.45, 7) is 0. The molecule has 1 unspecified atom stereocenters. The van der Waals surface area contributed by atoms with Crippen LogP contribution in [-0.2, 0) is 0 Å². The van der Waals surface area contributed by atoms with Gasteiger partial charge in [0.25, 0.3) is 0 Å². The Bertz CT molecular complexity index is 467. The molecule has 1 aromatic heterocycles. The van der Waals surface area contributed by atoms with E-state index in [-0.39, 0.29) is 4.83 Å². The van der Waals surface area contributed by atoms with Crippen LogP contribution < -0.4 is 0 Å². The molecule has 0 aliphatic carbocycles. The third kappa shape index (κ3) is 2.39. The minimum absolute atomic E-state index is 0.0682. The molecule has 0 amide bonds. The summed E-state index contributed by atoms with van der Waals surface area (Å²) < 4.78 is 0. The topological polar surface area (TPSA) is 0 Å². The second kappa shape index (κ2) is 4.88. The van der Waals surface area contributed by atoms with E-state index in [1.807, 2.05) is 35.7 Å². The molecular formula is C11H7BrCl2S. The lowest BCUT2D eigenvalue weighted by molar-refractivity contribution is 1.23. The van der Waals surface area contributed by atoms with Gasteiger partial charge in [-0.15, -0.1) is 11.3 Å². The van der Waals surface area contributed by atoms with Gasteiger partial charge in [0.2, 0.25) is 0 Å². The first-order chi connectivity index (χ1) is 7.20. The van der Waals surface area contributed by atoms with Crippen LogP contribution in [0.25, 0.3) is 0 Å². The van der Waals surface area contributed by atoms with E-state index in [0.29, 0.717) is 0 Å². The maximum atomic E-state index is 6.12. The Hall–Kier alpha value is -0.0200. The van der Waals surface area contributed by atoms with E-state index in [1.165, 1.54) is 0 Å². The summed E-state index contributed by atoms with van der Waals surface area (Å²) in [5.41, 5.74) is 1.04. The Kier molecular flexibility index (Phi) is 3.73. The second-order valence-electron chi connectivity index (χ2n) is 3.02. The second-order valence-corrected chi connectivity index (χ2v) is 5.69. The fourth-order valence-corrected chi connectivity index (χ4v) is 3.94. The molecule has 2 aromatic rings. The molecule has 0 nitrogen and oxygen atoms in total. The Morgan fingerprint density at radius 2 is 1.80 bits per heavy atom. The zero-order valence-corrected chi connectivity index (χ0v) is 11.5. The van der Waals surface area contributed by atoms with Gasteiger partial charge in [-0.3, -0.25) is 0 Å². The van der Waals surface area contributed by atoms with Gasteiger partial charge in [0, 0.05) is 9.90 Å². The van der Waals surface area contributed by atoms with Crippen LogP contribution in [0.3, 0.4) is 0 Å². The van der Waals surface area contributed by atoms with Crippen LogP contribution in [0.2, 0.25) is 10.0 Å². The lowest BCUT2D eigenvalue weighted by atomic mass is 10.1. The molecule has 0 N–H and O–H groups in total. The third-order valence-electron chi connectivity index (χ3n) is 2.05. The Morgan fingerprint density at radius 1 is 1.07 bits per heavy atom. The molecule has 0 aliphatic heterocycles.